The molecule has 0 radical (unpaired) electrons. The molecule has 0 bridgehead atoms. The third-order valence-corrected chi connectivity index (χ3v) is 3.48. The minimum absolute atomic E-state index is 0.252. The standard InChI is InChI=1S/C14H21N3O2/c15-14(19)10-17(12-4-6-16-7-5-12)9-11-2-1-3-13(18)8-11/h1-3,8,12,16,18H,4-7,9-10H2,(H2,15,19). The molecule has 104 valence electrons. The molecule has 0 unspecified atom stereocenters. The fourth-order valence-corrected chi connectivity index (χ4v) is 2.58. The second-order valence-corrected chi connectivity index (χ2v) is 5.02. The summed E-state index contributed by atoms with van der Waals surface area (Å²) in [7, 11) is 0. The van der Waals surface area contributed by atoms with E-state index in [1.54, 1.807) is 12.1 Å². The van der Waals surface area contributed by atoms with Crippen LogP contribution in [0.5, 0.6) is 5.75 Å². The summed E-state index contributed by atoms with van der Waals surface area (Å²) >= 11 is 0. The van der Waals surface area contributed by atoms with Crippen molar-refractivity contribution in [2.45, 2.75) is 25.4 Å². The van der Waals surface area contributed by atoms with Gasteiger partial charge in [-0.2, -0.15) is 0 Å². The zero-order valence-electron chi connectivity index (χ0n) is 11.0. The highest BCUT2D eigenvalue weighted by atomic mass is 16.3. The van der Waals surface area contributed by atoms with E-state index in [9.17, 15) is 9.90 Å². The van der Waals surface area contributed by atoms with Crippen molar-refractivity contribution < 1.29 is 9.90 Å². The molecule has 1 heterocycles. The van der Waals surface area contributed by atoms with E-state index in [1.165, 1.54) is 0 Å². The number of amides is 1. The Morgan fingerprint density at radius 2 is 2.16 bits per heavy atom. The van der Waals surface area contributed by atoms with Crippen molar-refractivity contribution in [2.75, 3.05) is 19.6 Å². The molecule has 5 nitrogen and oxygen atoms in total. The largest absolute Gasteiger partial charge is 0.508 e. The number of hydrogen-bond donors (Lipinski definition) is 3. The maximum absolute atomic E-state index is 11.2. The van der Waals surface area contributed by atoms with Gasteiger partial charge >= 0.3 is 0 Å². The maximum Gasteiger partial charge on any atom is 0.231 e. The first-order valence-corrected chi connectivity index (χ1v) is 6.66. The van der Waals surface area contributed by atoms with E-state index in [2.05, 4.69) is 10.2 Å². The van der Waals surface area contributed by atoms with Gasteiger partial charge in [-0.3, -0.25) is 9.69 Å². The molecule has 1 aliphatic rings. The summed E-state index contributed by atoms with van der Waals surface area (Å²) in [5, 5.41) is 12.8. The molecule has 0 aliphatic carbocycles. The number of piperidine rings is 1. The Hall–Kier alpha value is -1.59. The summed E-state index contributed by atoms with van der Waals surface area (Å²) in [6, 6.07) is 7.52. The van der Waals surface area contributed by atoms with Crippen molar-refractivity contribution >= 4 is 5.91 Å². The predicted octanol–water partition coefficient (Wildman–Crippen LogP) is 0.431. The molecule has 5 heteroatoms. The van der Waals surface area contributed by atoms with Crippen LogP contribution in [0.2, 0.25) is 0 Å². The first-order valence-electron chi connectivity index (χ1n) is 6.66. The van der Waals surface area contributed by atoms with E-state index in [4.69, 9.17) is 5.73 Å². The summed E-state index contributed by atoms with van der Waals surface area (Å²) in [5.41, 5.74) is 6.34. The Morgan fingerprint density at radius 3 is 2.79 bits per heavy atom. The van der Waals surface area contributed by atoms with E-state index < -0.39 is 0 Å². The van der Waals surface area contributed by atoms with Gasteiger partial charge in [0.25, 0.3) is 0 Å². The van der Waals surface area contributed by atoms with Crippen LogP contribution in [0.25, 0.3) is 0 Å². The van der Waals surface area contributed by atoms with Gasteiger partial charge in [-0.1, -0.05) is 12.1 Å². The van der Waals surface area contributed by atoms with Crippen molar-refractivity contribution in [3.05, 3.63) is 29.8 Å². The van der Waals surface area contributed by atoms with Crippen LogP contribution < -0.4 is 11.1 Å². The number of phenols is 1. The van der Waals surface area contributed by atoms with E-state index in [1.807, 2.05) is 12.1 Å². The molecule has 2 rings (SSSR count). The number of rotatable bonds is 5. The van der Waals surface area contributed by atoms with Gasteiger partial charge in [0.2, 0.25) is 5.91 Å². The molecule has 0 aromatic heterocycles. The number of nitrogens with one attached hydrogen (secondary N) is 1. The van der Waals surface area contributed by atoms with Crippen LogP contribution in [0, 0.1) is 0 Å². The maximum atomic E-state index is 11.2. The van der Waals surface area contributed by atoms with Crippen molar-refractivity contribution in [3.8, 4) is 5.75 Å². The zero-order valence-corrected chi connectivity index (χ0v) is 11.0. The fourth-order valence-electron chi connectivity index (χ4n) is 2.58. The number of nitrogens with zero attached hydrogens (tertiary/aromatic N) is 1. The highest BCUT2D eigenvalue weighted by Gasteiger charge is 2.22. The molecule has 0 spiro atoms. The number of hydrogen-bond acceptors (Lipinski definition) is 4. The number of carbonyl (C=O) groups excluding carboxylic acids is 1. The average molecular weight is 263 g/mol. The van der Waals surface area contributed by atoms with E-state index in [0.717, 1.165) is 31.5 Å². The number of benzene rings is 1. The number of nitrogens with two attached hydrogens (primary N) is 1. The lowest BCUT2D eigenvalue weighted by Gasteiger charge is -2.33. The molecular formula is C14H21N3O2. The summed E-state index contributed by atoms with van der Waals surface area (Å²) in [6.45, 7) is 2.85. The molecule has 19 heavy (non-hydrogen) atoms. The Labute approximate surface area is 113 Å². The van der Waals surface area contributed by atoms with Crippen LogP contribution in [0.1, 0.15) is 18.4 Å². The minimum Gasteiger partial charge on any atom is -0.508 e. The number of phenolic OH excluding ortho intramolecular Hbond substituents is 1. The lowest BCUT2D eigenvalue weighted by molar-refractivity contribution is -0.120. The highest BCUT2D eigenvalue weighted by molar-refractivity contribution is 5.76. The molecule has 4 N–H and O–H groups in total. The third kappa shape index (κ3) is 4.22. The fraction of sp³-hybridized carbons (Fsp3) is 0.500. The molecule has 1 aliphatic heterocycles. The smallest absolute Gasteiger partial charge is 0.231 e. The lowest BCUT2D eigenvalue weighted by atomic mass is 10.0. The van der Waals surface area contributed by atoms with Gasteiger partial charge in [0.1, 0.15) is 5.75 Å². The monoisotopic (exact) mass is 263 g/mol. The molecule has 0 saturated carbocycles. The minimum atomic E-state index is -0.307. The van der Waals surface area contributed by atoms with Crippen molar-refractivity contribution in [1.29, 1.82) is 0 Å². The molecule has 1 amide bonds. The van der Waals surface area contributed by atoms with Crippen LogP contribution in [-0.4, -0.2) is 41.6 Å². The second-order valence-electron chi connectivity index (χ2n) is 5.02. The molecule has 1 aromatic carbocycles. The molecular weight excluding hydrogens is 242 g/mol. The summed E-state index contributed by atoms with van der Waals surface area (Å²) in [6.07, 6.45) is 2.04. The second kappa shape index (κ2) is 6.54. The lowest BCUT2D eigenvalue weighted by Crippen LogP contribution is -2.46. The summed E-state index contributed by atoms with van der Waals surface area (Å²) in [5.74, 6) is -0.0551. The molecule has 0 atom stereocenters. The topological polar surface area (TPSA) is 78.6 Å². The highest BCUT2D eigenvalue weighted by Crippen LogP contribution is 2.18. The van der Waals surface area contributed by atoms with Crippen LogP contribution >= 0.6 is 0 Å². The first kappa shape index (κ1) is 13.8. The Balaban J connectivity index is 2.06. The van der Waals surface area contributed by atoms with E-state index >= 15 is 0 Å². The number of primary amides is 1. The predicted molar refractivity (Wildman–Crippen MR) is 73.6 cm³/mol. The molecule has 1 aromatic rings. The molecule has 1 saturated heterocycles. The SMILES string of the molecule is NC(=O)CN(Cc1cccc(O)c1)C1CCNCC1. The third-order valence-electron chi connectivity index (χ3n) is 3.48. The van der Waals surface area contributed by atoms with Crippen LogP contribution in [0.4, 0.5) is 0 Å². The number of aromatic hydroxyl groups is 1. The Morgan fingerprint density at radius 1 is 1.42 bits per heavy atom. The van der Waals surface area contributed by atoms with Gasteiger partial charge in [-0.05, 0) is 43.6 Å². The van der Waals surface area contributed by atoms with Gasteiger partial charge < -0.3 is 16.2 Å². The van der Waals surface area contributed by atoms with Gasteiger partial charge in [0, 0.05) is 12.6 Å². The Kier molecular flexibility index (Phi) is 4.76. The van der Waals surface area contributed by atoms with Crippen LogP contribution in [0.15, 0.2) is 24.3 Å². The quantitative estimate of drug-likeness (QED) is 0.720. The van der Waals surface area contributed by atoms with Gasteiger partial charge in [-0.25, -0.2) is 0 Å². The van der Waals surface area contributed by atoms with Crippen molar-refractivity contribution in [3.63, 3.8) is 0 Å². The average Bonchev–Trinajstić information content (AvgIpc) is 2.38. The van der Waals surface area contributed by atoms with Gasteiger partial charge in [0.05, 0.1) is 6.54 Å². The van der Waals surface area contributed by atoms with Crippen molar-refractivity contribution in [1.82, 2.24) is 10.2 Å². The summed E-state index contributed by atoms with van der Waals surface area (Å²) in [4.78, 5) is 13.3. The number of carbonyl (C=O) groups is 1. The van der Waals surface area contributed by atoms with Crippen LogP contribution in [-0.2, 0) is 11.3 Å². The van der Waals surface area contributed by atoms with Crippen molar-refractivity contribution in [2.24, 2.45) is 5.73 Å². The van der Waals surface area contributed by atoms with E-state index in [-0.39, 0.29) is 18.2 Å². The Bertz CT molecular complexity index is 430. The zero-order chi connectivity index (χ0) is 13.7. The van der Waals surface area contributed by atoms with Gasteiger partial charge in [0.15, 0.2) is 0 Å². The first-order chi connectivity index (χ1) is 9.15. The van der Waals surface area contributed by atoms with Crippen LogP contribution in [0.3, 0.4) is 0 Å². The summed E-state index contributed by atoms with van der Waals surface area (Å²) < 4.78 is 0. The van der Waals surface area contributed by atoms with E-state index in [0.29, 0.717) is 12.6 Å². The normalized spacial score (nSPS) is 16.7. The molecule has 1 fully saturated rings. The van der Waals surface area contributed by atoms with Gasteiger partial charge in [-0.15, -0.1) is 0 Å².